The van der Waals surface area contributed by atoms with Crippen molar-refractivity contribution >= 4 is 22.3 Å². The Kier molecular flexibility index (Phi) is 4.28. The number of aryl methyl sites for hydroxylation is 1. The predicted octanol–water partition coefficient (Wildman–Crippen LogP) is 4.08. The first kappa shape index (κ1) is 17.1. The number of aromatic nitrogens is 2. The topological polar surface area (TPSA) is 46.8 Å². The fourth-order valence-corrected chi connectivity index (χ4v) is 3.23. The van der Waals surface area contributed by atoms with Crippen LogP contribution in [0.2, 0.25) is 0 Å². The molecule has 0 atom stereocenters. The second-order valence-electron chi connectivity index (χ2n) is 6.80. The number of amides is 1. The minimum Gasteiger partial charge on any atom is -0.497 e. The number of carbonyl (C=O) groups excluding carboxylic acids is 1. The third-order valence-electron chi connectivity index (χ3n) is 4.71. The van der Waals surface area contributed by atoms with Crippen molar-refractivity contribution in [2.75, 3.05) is 14.2 Å². The van der Waals surface area contributed by atoms with Crippen molar-refractivity contribution in [1.29, 1.82) is 0 Å². The van der Waals surface area contributed by atoms with Gasteiger partial charge in [0, 0.05) is 26.0 Å². The first-order valence-corrected chi connectivity index (χ1v) is 8.81. The number of nitrogens with zero attached hydrogens (tertiary/aromatic N) is 3. The molecule has 0 unspecified atom stereocenters. The Hall–Kier alpha value is -3.34. The summed E-state index contributed by atoms with van der Waals surface area (Å²) in [7, 11) is 3.46. The fourth-order valence-electron chi connectivity index (χ4n) is 3.23. The van der Waals surface area contributed by atoms with Crippen LogP contribution < -0.4 is 4.74 Å². The Morgan fingerprint density at radius 2 is 1.89 bits per heavy atom. The van der Waals surface area contributed by atoms with Crippen LogP contribution in [-0.2, 0) is 6.54 Å². The lowest BCUT2D eigenvalue weighted by molar-refractivity contribution is 0.0780. The van der Waals surface area contributed by atoms with E-state index < -0.39 is 0 Å². The maximum absolute atomic E-state index is 12.8. The molecule has 2 aromatic heterocycles. The normalized spacial score (nSPS) is 11.1. The molecule has 5 heteroatoms. The van der Waals surface area contributed by atoms with Crippen LogP contribution >= 0.6 is 0 Å². The molecule has 0 fully saturated rings. The van der Waals surface area contributed by atoms with Crippen molar-refractivity contribution in [2.45, 2.75) is 13.5 Å². The van der Waals surface area contributed by atoms with E-state index >= 15 is 0 Å². The molecule has 2 aromatic carbocycles. The van der Waals surface area contributed by atoms with Gasteiger partial charge in [-0.3, -0.25) is 4.79 Å². The Bertz CT molecular complexity index is 1150. The highest BCUT2D eigenvalue weighted by Gasteiger charge is 2.16. The van der Waals surface area contributed by atoms with E-state index in [0.717, 1.165) is 33.3 Å². The van der Waals surface area contributed by atoms with E-state index in [2.05, 4.69) is 17.1 Å². The fraction of sp³-hybridized carbons (Fsp3) is 0.182. The molecular weight excluding hydrogens is 338 g/mol. The largest absolute Gasteiger partial charge is 0.497 e. The van der Waals surface area contributed by atoms with Gasteiger partial charge >= 0.3 is 0 Å². The molecule has 0 radical (unpaired) electrons. The quantitative estimate of drug-likeness (QED) is 0.552. The van der Waals surface area contributed by atoms with Gasteiger partial charge in [-0.25, -0.2) is 4.98 Å². The molecule has 0 saturated heterocycles. The second kappa shape index (κ2) is 6.76. The number of hydrogen-bond donors (Lipinski definition) is 0. The Morgan fingerprint density at radius 3 is 2.70 bits per heavy atom. The highest BCUT2D eigenvalue weighted by molar-refractivity contribution is 5.93. The van der Waals surface area contributed by atoms with Gasteiger partial charge in [0.15, 0.2) is 0 Å². The van der Waals surface area contributed by atoms with Gasteiger partial charge in [-0.2, -0.15) is 0 Å². The Balaban J connectivity index is 1.55. The van der Waals surface area contributed by atoms with E-state index in [1.807, 2.05) is 53.9 Å². The van der Waals surface area contributed by atoms with Gasteiger partial charge in [0.25, 0.3) is 5.91 Å². The SMILES string of the molecule is COc1ccc2cc(CN(C)C(=O)c3cn4ccc(C)cc4n3)ccc2c1. The zero-order valence-corrected chi connectivity index (χ0v) is 15.6. The van der Waals surface area contributed by atoms with Crippen LogP contribution in [0.25, 0.3) is 16.4 Å². The smallest absolute Gasteiger partial charge is 0.274 e. The molecule has 0 spiro atoms. The number of rotatable bonds is 4. The van der Waals surface area contributed by atoms with Crippen LogP contribution in [0.15, 0.2) is 60.9 Å². The van der Waals surface area contributed by atoms with Crippen molar-refractivity contribution in [2.24, 2.45) is 0 Å². The number of methoxy groups -OCH3 is 1. The van der Waals surface area contributed by atoms with Gasteiger partial charge in [-0.05, 0) is 59.2 Å². The van der Waals surface area contributed by atoms with Crippen molar-refractivity contribution < 1.29 is 9.53 Å². The van der Waals surface area contributed by atoms with E-state index in [1.165, 1.54) is 0 Å². The standard InChI is InChI=1S/C22H21N3O2/c1-15-8-9-25-14-20(23-21(25)10-15)22(26)24(2)13-16-4-5-18-12-19(27-3)7-6-17(18)11-16/h4-12,14H,13H2,1-3H3. The average Bonchev–Trinajstić information content (AvgIpc) is 3.09. The maximum Gasteiger partial charge on any atom is 0.274 e. The minimum atomic E-state index is -0.0915. The summed E-state index contributed by atoms with van der Waals surface area (Å²) in [6.45, 7) is 2.53. The molecule has 27 heavy (non-hydrogen) atoms. The summed E-state index contributed by atoms with van der Waals surface area (Å²) < 4.78 is 7.14. The van der Waals surface area contributed by atoms with Gasteiger partial charge in [-0.15, -0.1) is 0 Å². The number of carbonyl (C=O) groups is 1. The molecule has 5 nitrogen and oxygen atoms in total. The summed E-state index contributed by atoms with van der Waals surface area (Å²) in [5, 5.41) is 2.24. The van der Waals surface area contributed by atoms with E-state index in [-0.39, 0.29) is 5.91 Å². The number of pyridine rings is 1. The van der Waals surface area contributed by atoms with Gasteiger partial charge in [0.1, 0.15) is 17.1 Å². The number of fused-ring (bicyclic) bond motifs is 2. The third kappa shape index (κ3) is 3.36. The van der Waals surface area contributed by atoms with Crippen LogP contribution in [-0.4, -0.2) is 34.3 Å². The van der Waals surface area contributed by atoms with Crippen LogP contribution in [0, 0.1) is 6.92 Å². The highest BCUT2D eigenvalue weighted by Crippen LogP contribution is 2.22. The first-order valence-electron chi connectivity index (χ1n) is 8.81. The average molecular weight is 359 g/mol. The molecule has 4 aromatic rings. The molecule has 0 bridgehead atoms. The lowest BCUT2D eigenvalue weighted by Crippen LogP contribution is -2.26. The number of benzene rings is 2. The molecule has 0 saturated carbocycles. The third-order valence-corrected chi connectivity index (χ3v) is 4.71. The monoisotopic (exact) mass is 359 g/mol. The van der Waals surface area contributed by atoms with Gasteiger partial charge in [-0.1, -0.05) is 18.2 Å². The summed E-state index contributed by atoms with van der Waals surface area (Å²) in [4.78, 5) is 18.9. The van der Waals surface area contributed by atoms with Gasteiger partial charge < -0.3 is 14.0 Å². The van der Waals surface area contributed by atoms with Crippen LogP contribution in [0.5, 0.6) is 5.75 Å². The van der Waals surface area contributed by atoms with Crippen molar-refractivity contribution in [3.8, 4) is 5.75 Å². The number of imidazole rings is 1. The summed E-state index contributed by atoms with van der Waals surface area (Å²) >= 11 is 0. The lowest BCUT2D eigenvalue weighted by atomic mass is 10.1. The van der Waals surface area contributed by atoms with E-state index in [1.54, 1.807) is 25.3 Å². The molecule has 0 aliphatic carbocycles. The van der Waals surface area contributed by atoms with E-state index in [4.69, 9.17) is 4.74 Å². The van der Waals surface area contributed by atoms with Crippen LogP contribution in [0.4, 0.5) is 0 Å². The molecule has 136 valence electrons. The van der Waals surface area contributed by atoms with Gasteiger partial charge in [0.05, 0.1) is 7.11 Å². The van der Waals surface area contributed by atoms with Crippen molar-refractivity contribution in [3.05, 3.63) is 77.7 Å². The summed E-state index contributed by atoms with van der Waals surface area (Å²) in [6, 6.07) is 16.1. The Labute approximate surface area is 157 Å². The van der Waals surface area contributed by atoms with E-state index in [9.17, 15) is 4.79 Å². The predicted molar refractivity (Wildman–Crippen MR) is 106 cm³/mol. The zero-order valence-electron chi connectivity index (χ0n) is 15.6. The zero-order chi connectivity index (χ0) is 19.0. The van der Waals surface area contributed by atoms with Crippen molar-refractivity contribution in [3.63, 3.8) is 0 Å². The highest BCUT2D eigenvalue weighted by atomic mass is 16.5. The molecule has 0 N–H and O–H groups in total. The Morgan fingerprint density at radius 1 is 1.11 bits per heavy atom. The molecule has 4 rings (SSSR count). The molecule has 1 amide bonds. The van der Waals surface area contributed by atoms with Crippen molar-refractivity contribution in [1.82, 2.24) is 14.3 Å². The molecular formula is C22H21N3O2. The van der Waals surface area contributed by atoms with Gasteiger partial charge in [0.2, 0.25) is 0 Å². The lowest BCUT2D eigenvalue weighted by Gasteiger charge is -2.16. The molecule has 0 aliphatic rings. The minimum absolute atomic E-state index is 0.0915. The number of ether oxygens (including phenoxy) is 1. The summed E-state index contributed by atoms with van der Waals surface area (Å²) in [5.74, 6) is 0.746. The van der Waals surface area contributed by atoms with Crippen LogP contribution in [0.1, 0.15) is 21.6 Å². The summed E-state index contributed by atoms with van der Waals surface area (Å²) in [5.41, 5.74) is 3.43. The molecule has 0 aliphatic heterocycles. The summed E-state index contributed by atoms with van der Waals surface area (Å²) in [6.07, 6.45) is 3.70. The number of hydrogen-bond acceptors (Lipinski definition) is 3. The van der Waals surface area contributed by atoms with E-state index in [0.29, 0.717) is 12.2 Å². The van der Waals surface area contributed by atoms with Crippen LogP contribution in [0.3, 0.4) is 0 Å². The second-order valence-corrected chi connectivity index (χ2v) is 6.80. The first-order chi connectivity index (χ1) is 13.0. The maximum atomic E-state index is 12.8. The molecule has 2 heterocycles.